The number of nitrogens with zero attached hydrogens (tertiary/aromatic N) is 12. The SMILES string of the molecule is CCOC(=O)C1=C(CN2CC(/C=C/OC=O)CC(F)(F)C2)NC(c2nccs2)=NC1c1ccc(F)cc1Br.CCOC(=O)C1=C(CN2CC(/C=C/OC=O)CC(F)(F)C2)NC(c2nccs2)=NC1c1ccc(F)cc1Cl.CCOC(=O)C1=C(CN2CC(F)CC(/C=C/OC=O)C2)NC(c2nccs2)=NC1c1ccc(F)cc1Cl.CCOC(=O)C1=C(CN2CC(F)CC(/C=C/OC=O)C2)NC(c2nccs2)=NC1c1ccc(F)cc1Cl. The number of halogens is 14. The Balaban J connectivity index is 0.000000167. The number of carbonyl (C=O) groups excluding carboxylic acids is 8. The molecule has 0 amide bonds. The number of esters is 4. The van der Waals surface area contributed by atoms with Crippen LogP contribution in [0, 0.1) is 46.9 Å². The van der Waals surface area contributed by atoms with Crippen LogP contribution in [0.15, 0.2) is 238 Å². The van der Waals surface area contributed by atoms with Gasteiger partial charge >= 0.3 is 23.9 Å². The summed E-state index contributed by atoms with van der Waals surface area (Å²) in [5, 5.41) is 22.2. The Bertz CT molecular complexity index is 6130. The van der Waals surface area contributed by atoms with Crippen LogP contribution in [-0.4, -0.2) is 242 Å². The smallest absolute Gasteiger partial charge is 0.338 e. The molecule has 4 aromatic heterocycles. The lowest BCUT2D eigenvalue weighted by molar-refractivity contribution is -0.140. The summed E-state index contributed by atoms with van der Waals surface area (Å²) in [6.45, 7) is 8.87. The Morgan fingerprint density at radius 1 is 0.393 bits per heavy atom. The van der Waals surface area contributed by atoms with Crippen LogP contribution in [0.4, 0.5) is 43.9 Å². The van der Waals surface area contributed by atoms with Crippen LogP contribution in [0.3, 0.4) is 0 Å². The molecule has 150 heavy (non-hydrogen) atoms. The highest BCUT2D eigenvalue weighted by atomic mass is 79.9. The third-order valence-electron chi connectivity index (χ3n) is 23.6. The molecule has 8 aliphatic heterocycles. The van der Waals surface area contributed by atoms with Crippen molar-refractivity contribution in [3.63, 3.8) is 0 Å². The number of likely N-dealkylation sites (tertiary alicyclic amines) is 4. The van der Waals surface area contributed by atoms with Gasteiger partial charge in [0.25, 0.3) is 37.7 Å². The topological polar surface area (TPSA) is 372 Å². The molecule has 0 bridgehead atoms. The zero-order valence-corrected chi connectivity index (χ0v) is 87.3. The van der Waals surface area contributed by atoms with Crippen molar-refractivity contribution in [2.75, 3.05) is 105 Å². The van der Waals surface area contributed by atoms with Gasteiger partial charge in [0.15, 0.2) is 43.4 Å². The van der Waals surface area contributed by atoms with Gasteiger partial charge in [0.2, 0.25) is 0 Å². The molecule has 16 rings (SSSR count). The van der Waals surface area contributed by atoms with Crippen molar-refractivity contribution in [3.8, 4) is 0 Å². The van der Waals surface area contributed by atoms with E-state index < -0.39 is 133 Å². The second-order valence-corrected chi connectivity index (χ2v) is 39.9. The quantitative estimate of drug-likeness (QED) is 0.00931. The molecular weight excluding hydrogens is 2190 g/mol. The summed E-state index contributed by atoms with van der Waals surface area (Å²) in [7, 11) is 0. The molecule has 12 heterocycles. The van der Waals surface area contributed by atoms with Crippen molar-refractivity contribution in [3.05, 3.63) is 299 Å². The lowest BCUT2D eigenvalue weighted by Gasteiger charge is -2.38. The van der Waals surface area contributed by atoms with Gasteiger partial charge < -0.3 is 59.2 Å². The molecule has 4 saturated heterocycles. The predicted octanol–water partition coefficient (Wildman–Crippen LogP) is 17.5. The molecular formula is C100H98BrCl3F10N16O16S4. The number of carbonyl (C=O) groups is 8. The highest BCUT2D eigenvalue weighted by Crippen LogP contribution is 2.45. The number of thiazole rings is 4. The zero-order chi connectivity index (χ0) is 107. The molecule has 4 fully saturated rings. The van der Waals surface area contributed by atoms with E-state index in [2.05, 4.69) is 81.1 Å². The van der Waals surface area contributed by atoms with E-state index in [0.717, 1.165) is 30.7 Å². The summed E-state index contributed by atoms with van der Waals surface area (Å²) in [4.78, 5) is 138. The van der Waals surface area contributed by atoms with E-state index in [0.29, 0.717) is 119 Å². The number of aliphatic imine (C=N–C) groups is 4. The first kappa shape index (κ1) is 115. The molecule has 796 valence electrons. The molecule has 4 N–H and O–H groups in total. The minimum Gasteiger partial charge on any atom is -0.463 e. The summed E-state index contributed by atoms with van der Waals surface area (Å²) >= 11 is 27.8. The summed E-state index contributed by atoms with van der Waals surface area (Å²) in [6.07, 6.45) is 14.7. The highest BCUT2D eigenvalue weighted by Gasteiger charge is 2.46. The number of benzene rings is 4. The minimum atomic E-state index is -3.03. The summed E-state index contributed by atoms with van der Waals surface area (Å²) in [5.74, 6) is -10.8. The second-order valence-electron chi connectivity index (χ2n) is 34.3. The van der Waals surface area contributed by atoms with Gasteiger partial charge in [0.05, 0.1) is 86.9 Å². The molecule has 32 nitrogen and oxygen atoms in total. The van der Waals surface area contributed by atoms with Gasteiger partial charge in [0.1, 0.15) is 59.8 Å². The molecule has 10 unspecified atom stereocenters. The van der Waals surface area contributed by atoms with Crippen LogP contribution in [-0.2, 0) is 76.3 Å². The maximum Gasteiger partial charge on any atom is 0.338 e. The average molecular weight is 2280 g/mol. The number of amidine groups is 4. The van der Waals surface area contributed by atoms with E-state index in [1.54, 1.807) is 86.2 Å². The Morgan fingerprint density at radius 2 is 0.653 bits per heavy atom. The Morgan fingerprint density at radius 3 is 0.913 bits per heavy atom. The molecule has 10 atom stereocenters. The number of hydrogen-bond donors (Lipinski definition) is 4. The van der Waals surface area contributed by atoms with Crippen LogP contribution >= 0.6 is 96.1 Å². The van der Waals surface area contributed by atoms with Gasteiger partial charge in [-0.1, -0.05) is 75.0 Å². The van der Waals surface area contributed by atoms with Crippen LogP contribution in [0.2, 0.25) is 15.1 Å². The molecule has 4 aromatic carbocycles. The molecule has 0 radical (unpaired) electrons. The lowest BCUT2D eigenvalue weighted by atomic mass is 9.93. The predicted molar refractivity (Wildman–Crippen MR) is 544 cm³/mol. The fourth-order valence-corrected chi connectivity index (χ4v) is 21.5. The van der Waals surface area contributed by atoms with Gasteiger partial charge in [-0.3, -0.25) is 58.7 Å². The van der Waals surface area contributed by atoms with Gasteiger partial charge in [-0.2, -0.15) is 0 Å². The van der Waals surface area contributed by atoms with E-state index in [1.807, 2.05) is 9.80 Å². The van der Waals surface area contributed by atoms with E-state index in [1.165, 1.54) is 134 Å². The standard InChI is InChI=1S/C25H24BrF3N4O4S.C25H24ClF3N4O4S.2C25H25ClF2N4O4S/c2*1-2-37-24(35)20-19(12-33-11-15(5-7-36-14-34)10-25(28,29)13-33)31-22(23-30-6-8-38-23)32-21(20)17-4-3-16(27)9-18(17)26;2*1-2-36-25(34)21-20(13-32-11-15(5-7-35-14-33)9-17(28)12-32)30-23(24-29-6-8-37-24)31-22(21)18-4-3-16(27)10-19(18)26/h2*3-9,14-15,21H,2,10-13H2,1H3,(H,31,32);2*3-8,10,14-15,17,22H,2,9,11-13H2,1H3,(H,30,31)/b4*7-5+. The lowest BCUT2D eigenvalue weighted by Crippen LogP contribution is -2.49. The second kappa shape index (κ2) is 54.9. The molecule has 0 aliphatic carbocycles. The monoisotopic (exact) mass is 2280 g/mol. The Hall–Kier alpha value is -12.6. The molecule has 8 aromatic rings. The fourth-order valence-electron chi connectivity index (χ4n) is 17.8. The summed E-state index contributed by atoms with van der Waals surface area (Å²) in [6, 6.07) is 11.9. The number of aromatic nitrogens is 4. The van der Waals surface area contributed by atoms with E-state index in [-0.39, 0.29) is 154 Å². The van der Waals surface area contributed by atoms with Crippen LogP contribution in [0.5, 0.6) is 0 Å². The number of hydrogen-bond acceptors (Lipinski definition) is 36. The van der Waals surface area contributed by atoms with Gasteiger partial charge in [-0.15, -0.1) is 45.3 Å². The van der Waals surface area contributed by atoms with Gasteiger partial charge in [-0.25, -0.2) is 83.0 Å². The number of piperidine rings is 4. The third kappa shape index (κ3) is 31.4. The largest absolute Gasteiger partial charge is 0.463 e. The van der Waals surface area contributed by atoms with Crippen LogP contribution < -0.4 is 21.3 Å². The third-order valence-corrected chi connectivity index (χ3v) is 28.3. The summed E-state index contributed by atoms with van der Waals surface area (Å²) < 4.78 is 184. The minimum absolute atomic E-state index is 0.0465. The molecule has 8 aliphatic rings. The normalized spacial score (nSPS) is 22.1. The van der Waals surface area contributed by atoms with Crippen molar-refractivity contribution in [2.45, 2.75) is 102 Å². The zero-order valence-electron chi connectivity index (χ0n) is 80.2. The van der Waals surface area contributed by atoms with Crippen molar-refractivity contribution < 1.29 is 120 Å². The number of alkyl halides is 6. The van der Waals surface area contributed by atoms with E-state index in [9.17, 15) is 82.3 Å². The van der Waals surface area contributed by atoms with Crippen LogP contribution in [0.25, 0.3) is 0 Å². The fraction of sp³-hybridized carbons (Fsp3) is 0.360. The van der Waals surface area contributed by atoms with Crippen molar-refractivity contribution in [2.24, 2.45) is 43.6 Å². The molecule has 50 heteroatoms. The van der Waals surface area contributed by atoms with Crippen molar-refractivity contribution in [1.29, 1.82) is 0 Å². The average Bonchev–Trinajstić information content (AvgIpc) is 1.10. The number of ether oxygens (including phenoxy) is 8. The highest BCUT2D eigenvalue weighted by molar-refractivity contribution is 9.10. The maximum absolute atomic E-state index is 14.7. The van der Waals surface area contributed by atoms with Gasteiger partial charge in [0, 0.05) is 184 Å². The Kier molecular flexibility index (Phi) is 42.0. The molecule has 0 spiro atoms. The maximum atomic E-state index is 14.7. The number of rotatable bonds is 36. The Labute approximate surface area is 893 Å². The van der Waals surface area contributed by atoms with E-state index >= 15 is 0 Å². The first-order valence-electron chi connectivity index (χ1n) is 46.5. The van der Waals surface area contributed by atoms with Gasteiger partial charge in [-0.05, 0) is 143 Å². The first-order valence-corrected chi connectivity index (χ1v) is 52.0. The van der Waals surface area contributed by atoms with Crippen LogP contribution in [0.1, 0.15) is 120 Å². The first-order chi connectivity index (χ1) is 72.2. The van der Waals surface area contributed by atoms with Crippen molar-refractivity contribution in [1.82, 2.24) is 60.8 Å². The molecule has 0 saturated carbocycles. The van der Waals surface area contributed by atoms with E-state index in [4.69, 9.17) is 68.7 Å². The number of nitrogens with one attached hydrogen (secondary N) is 4. The van der Waals surface area contributed by atoms with Crippen molar-refractivity contribution >= 4 is 169 Å². The summed E-state index contributed by atoms with van der Waals surface area (Å²) in [5.41, 5.74) is 3.85.